The van der Waals surface area contributed by atoms with Crippen LogP contribution in [-0.4, -0.2) is 13.3 Å². The Balaban J connectivity index is 1.74. The number of ether oxygens (including phenoxy) is 2. The molecule has 0 saturated heterocycles. The van der Waals surface area contributed by atoms with Gasteiger partial charge in [-0.25, -0.2) is 0 Å². The van der Waals surface area contributed by atoms with Crippen LogP contribution in [0.15, 0.2) is 70.1 Å². The molecule has 3 rings (SSSR count). The number of rotatable bonds is 6. The zero-order valence-electron chi connectivity index (χ0n) is 15.1. The quantitative estimate of drug-likeness (QED) is 0.394. The maximum absolute atomic E-state index is 6.05. The fraction of sp³-hybridized carbons (Fsp3) is 0.136. The summed E-state index contributed by atoms with van der Waals surface area (Å²) >= 11 is 9.48. The minimum Gasteiger partial charge on any atom is -0.493 e. The molecular weight excluding hydrogens is 426 g/mol. The van der Waals surface area contributed by atoms with Gasteiger partial charge < -0.3 is 9.47 Å². The Morgan fingerprint density at radius 2 is 1.78 bits per heavy atom. The van der Waals surface area contributed by atoms with E-state index in [0.717, 1.165) is 26.9 Å². The van der Waals surface area contributed by atoms with Crippen LogP contribution < -0.4 is 9.47 Å². The lowest BCUT2D eigenvalue weighted by atomic mass is 10.2. The number of benzene rings is 3. The molecule has 0 spiro atoms. The first-order valence-corrected chi connectivity index (χ1v) is 9.58. The summed E-state index contributed by atoms with van der Waals surface area (Å²) in [4.78, 5) is 4.53. The van der Waals surface area contributed by atoms with Crippen molar-refractivity contribution in [3.05, 3.63) is 86.8 Å². The van der Waals surface area contributed by atoms with E-state index in [4.69, 9.17) is 21.1 Å². The van der Waals surface area contributed by atoms with Crippen LogP contribution in [0, 0.1) is 6.92 Å². The van der Waals surface area contributed by atoms with Gasteiger partial charge in [-0.2, -0.15) is 0 Å². The van der Waals surface area contributed by atoms with Crippen molar-refractivity contribution in [2.75, 3.05) is 7.11 Å². The molecule has 0 fully saturated rings. The predicted molar refractivity (Wildman–Crippen MR) is 115 cm³/mol. The minimum atomic E-state index is 0.471. The third-order valence-electron chi connectivity index (χ3n) is 4.02. The molecule has 0 amide bonds. The summed E-state index contributed by atoms with van der Waals surface area (Å²) in [5.41, 5.74) is 3.92. The molecular formula is C22H19BrClNO2. The molecule has 27 heavy (non-hydrogen) atoms. The minimum absolute atomic E-state index is 0.471. The summed E-state index contributed by atoms with van der Waals surface area (Å²) in [5, 5.41) is 0.669. The van der Waals surface area contributed by atoms with Crippen LogP contribution in [0.4, 0.5) is 5.69 Å². The molecule has 3 aromatic rings. The highest BCUT2D eigenvalue weighted by molar-refractivity contribution is 9.10. The van der Waals surface area contributed by atoms with Gasteiger partial charge in [-0.15, -0.1) is 0 Å². The molecule has 0 unspecified atom stereocenters. The van der Waals surface area contributed by atoms with Crippen molar-refractivity contribution in [3.63, 3.8) is 0 Å². The van der Waals surface area contributed by atoms with E-state index in [1.807, 2.05) is 67.6 Å². The second-order valence-corrected chi connectivity index (χ2v) is 7.37. The number of hydrogen-bond donors (Lipinski definition) is 0. The zero-order valence-corrected chi connectivity index (χ0v) is 17.4. The van der Waals surface area contributed by atoms with Gasteiger partial charge in [-0.05, 0) is 66.1 Å². The Morgan fingerprint density at radius 1 is 1.00 bits per heavy atom. The Hall–Kier alpha value is -2.30. The molecule has 0 aromatic heterocycles. The number of aryl methyl sites for hydroxylation is 1. The van der Waals surface area contributed by atoms with E-state index in [1.54, 1.807) is 13.3 Å². The van der Waals surface area contributed by atoms with Crippen molar-refractivity contribution in [1.29, 1.82) is 0 Å². The number of aliphatic imine (C=N–C) groups is 1. The lowest BCUT2D eigenvalue weighted by Gasteiger charge is -2.11. The normalized spacial score (nSPS) is 11.0. The summed E-state index contributed by atoms with van der Waals surface area (Å²) in [6, 6.07) is 19.4. The molecule has 0 N–H and O–H groups in total. The average Bonchev–Trinajstić information content (AvgIpc) is 2.68. The smallest absolute Gasteiger partial charge is 0.161 e. The SMILES string of the molecule is COc1cc(C=Nc2cc(Cl)ccc2C)ccc1OCc1ccc(Br)cc1. The first-order chi connectivity index (χ1) is 13.0. The lowest BCUT2D eigenvalue weighted by molar-refractivity contribution is 0.284. The van der Waals surface area contributed by atoms with E-state index in [1.165, 1.54) is 0 Å². The van der Waals surface area contributed by atoms with Crippen molar-refractivity contribution in [3.8, 4) is 11.5 Å². The van der Waals surface area contributed by atoms with Crippen molar-refractivity contribution in [2.24, 2.45) is 4.99 Å². The fourth-order valence-electron chi connectivity index (χ4n) is 2.49. The molecule has 3 aromatic carbocycles. The molecule has 0 bridgehead atoms. The number of methoxy groups -OCH3 is 1. The van der Waals surface area contributed by atoms with Gasteiger partial charge in [0.25, 0.3) is 0 Å². The van der Waals surface area contributed by atoms with Gasteiger partial charge in [-0.3, -0.25) is 4.99 Å². The third kappa shape index (κ3) is 5.34. The molecule has 0 saturated carbocycles. The number of halogens is 2. The van der Waals surface area contributed by atoms with Crippen molar-refractivity contribution < 1.29 is 9.47 Å². The van der Waals surface area contributed by atoms with Gasteiger partial charge in [0.05, 0.1) is 12.8 Å². The Morgan fingerprint density at radius 3 is 2.52 bits per heavy atom. The highest BCUT2D eigenvalue weighted by Gasteiger charge is 2.06. The second kappa shape index (κ2) is 9.07. The average molecular weight is 445 g/mol. The van der Waals surface area contributed by atoms with Crippen LogP contribution in [0.1, 0.15) is 16.7 Å². The van der Waals surface area contributed by atoms with Gasteiger partial charge in [0.2, 0.25) is 0 Å². The first-order valence-electron chi connectivity index (χ1n) is 8.40. The van der Waals surface area contributed by atoms with Crippen molar-refractivity contribution in [1.82, 2.24) is 0 Å². The van der Waals surface area contributed by atoms with Crippen molar-refractivity contribution >= 4 is 39.4 Å². The number of hydrogen-bond acceptors (Lipinski definition) is 3. The molecule has 0 aliphatic heterocycles. The Kier molecular flexibility index (Phi) is 6.54. The van der Waals surface area contributed by atoms with Crippen LogP contribution in [-0.2, 0) is 6.61 Å². The standard InChI is InChI=1S/C22H19BrClNO2/c1-15-3-9-19(24)12-20(15)25-13-17-6-10-21(22(11-17)26-2)27-14-16-4-7-18(23)8-5-16/h3-13H,14H2,1-2H3. The third-order valence-corrected chi connectivity index (χ3v) is 4.78. The van der Waals surface area contributed by atoms with Crippen LogP contribution in [0.3, 0.4) is 0 Å². The highest BCUT2D eigenvalue weighted by Crippen LogP contribution is 2.29. The van der Waals surface area contributed by atoms with Crippen LogP contribution in [0.2, 0.25) is 5.02 Å². The van der Waals surface area contributed by atoms with E-state index in [-0.39, 0.29) is 0 Å². The fourth-order valence-corrected chi connectivity index (χ4v) is 2.92. The van der Waals surface area contributed by atoms with Crippen LogP contribution in [0.5, 0.6) is 11.5 Å². The maximum Gasteiger partial charge on any atom is 0.161 e. The summed E-state index contributed by atoms with van der Waals surface area (Å²) in [6.07, 6.45) is 1.79. The number of nitrogens with zero attached hydrogens (tertiary/aromatic N) is 1. The summed E-state index contributed by atoms with van der Waals surface area (Å²) in [5.74, 6) is 1.36. The Labute approximate surface area is 172 Å². The Bertz CT molecular complexity index is 955. The highest BCUT2D eigenvalue weighted by atomic mass is 79.9. The first kappa shape index (κ1) is 19.5. The monoisotopic (exact) mass is 443 g/mol. The van der Waals surface area contributed by atoms with E-state index >= 15 is 0 Å². The van der Waals surface area contributed by atoms with E-state index in [0.29, 0.717) is 23.1 Å². The zero-order chi connectivity index (χ0) is 19.2. The summed E-state index contributed by atoms with van der Waals surface area (Å²) in [7, 11) is 1.63. The largest absolute Gasteiger partial charge is 0.493 e. The molecule has 0 atom stereocenters. The maximum atomic E-state index is 6.05. The topological polar surface area (TPSA) is 30.8 Å². The van der Waals surface area contributed by atoms with Gasteiger partial charge in [0, 0.05) is 15.7 Å². The predicted octanol–water partition coefficient (Wildman–Crippen LogP) is 6.75. The summed E-state index contributed by atoms with van der Waals surface area (Å²) < 4.78 is 12.4. The van der Waals surface area contributed by atoms with Crippen LogP contribution >= 0.6 is 27.5 Å². The molecule has 0 aliphatic carbocycles. The summed E-state index contributed by atoms with van der Waals surface area (Å²) in [6.45, 7) is 2.47. The van der Waals surface area contributed by atoms with E-state index in [9.17, 15) is 0 Å². The second-order valence-electron chi connectivity index (χ2n) is 6.01. The van der Waals surface area contributed by atoms with E-state index in [2.05, 4.69) is 20.9 Å². The van der Waals surface area contributed by atoms with Gasteiger partial charge in [0.15, 0.2) is 11.5 Å². The van der Waals surface area contributed by atoms with Gasteiger partial charge >= 0.3 is 0 Å². The van der Waals surface area contributed by atoms with Crippen LogP contribution in [0.25, 0.3) is 0 Å². The lowest BCUT2D eigenvalue weighted by Crippen LogP contribution is -1.98. The molecule has 3 nitrogen and oxygen atoms in total. The molecule has 0 aliphatic rings. The van der Waals surface area contributed by atoms with Gasteiger partial charge in [0.1, 0.15) is 6.61 Å². The molecule has 138 valence electrons. The van der Waals surface area contributed by atoms with Gasteiger partial charge in [-0.1, -0.05) is 45.7 Å². The molecule has 0 radical (unpaired) electrons. The van der Waals surface area contributed by atoms with Crippen molar-refractivity contribution in [2.45, 2.75) is 13.5 Å². The molecule has 0 heterocycles. The van der Waals surface area contributed by atoms with E-state index < -0.39 is 0 Å². The molecule has 5 heteroatoms.